The second-order valence-corrected chi connectivity index (χ2v) is 3.36. The maximum absolute atomic E-state index is 11.3. The summed E-state index contributed by atoms with van der Waals surface area (Å²) in [5, 5.41) is 2.63. The van der Waals surface area contributed by atoms with Gasteiger partial charge in [0.2, 0.25) is 11.8 Å². The van der Waals surface area contributed by atoms with Gasteiger partial charge in [-0.3, -0.25) is 9.59 Å². The first-order valence-electron chi connectivity index (χ1n) is 4.68. The van der Waals surface area contributed by atoms with Crippen LogP contribution >= 0.6 is 0 Å². The summed E-state index contributed by atoms with van der Waals surface area (Å²) >= 11 is 0. The maximum atomic E-state index is 11.3. The van der Waals surface area contributed by atoms with Crippen molar-refractivity contribution in [3.05, 3.63) is 24.2 Å². The minimum atomic E-state index is -0.469. The number of amides is 2. The van der Waals surface area contributed by atoms with Crippen molar-refractivity contribution in [1.82, 2.24) is 5.32 Å². The van der Waals surface area contributed by atoms with Crippen molar-refractivity contribution < 1.29 is 14.0 Å². The predicted molar refractivity (Wildman–Crippen MR) is 53.5 cm³/mol. The molecule has 1 aromatic rings. The van der Waals surface area contributed by atoms with E-state index >= 15 is 0 Å². The zero-order chi connectivity index (χ0) is 11.3. The highest BCUT2D eigenvalue weighted by atomic mass is 16.3. The van der Waals surface area contributed by atoms with Crippen LogP contribution in [-0.4, -0.2) is 11.8 Å². The van der Waals surface area contributed by atoms with Crippen LogP contribution in [-0.2, 0) is 16.1 Å². The third kappa shape index (κ3) is 3.84. The molecule has 0 fully saturated rings. The highest BCUT2D eigenvalue weighted by molar-refractivity contribution is 5.84. The number of primary amides is 1. The van der Waals surface area contributed by atoms with Gasteiger partial charge in [0.25, 0.3) is 0 Å². The van der Waals surface area contributed by atoms with Crippen molar-refractivity contribution in [2.45, 2.75) is 19.9 Å². The molecule has 0 aliphatic rings. The van der Waals surface area contributed by atoms with E-state index in [0.29, 0.717) is 12.3 Å². The van der Waals surface area contributed by atoms with Gasteiger partial charge in [0.1, 0.15) is 5.76 Å². The van der Waals surface area contributed by atoms with Gasteiger partial charge < -0.3 is 15.5 Å². The molecule has 82 valence electrons. The minimum Gasteiger partial charge on any atom is -0.467 e. The second kappa shape index (κ2) is 5.19. The summed E-state index contributed by atoms with van der Waals surface area (Å²) in [7, 11) is 0. The Kier molecular flexibility index (Phi) is 3.91. The first-order valence-corrected chi connectivity index (χ1v) is 4.68. The van der Waals surface area contributed by atoms with E-state index in [9.17, 15) is 9.59 Å². The Hall–Kier alpha value is -1.78. The Labute approximate surface area is 87.6 Å². The molecule has 0 spiro atoms. The van der Waals surface area contributed by atoms with E-state index in [2.05, 4.69) is 5.32 Å². The molecule has 1 atom stereocenters. The lowest BCUT2D eigenvalue weighted by Crippen LogP contribution is -2.29. The van der Waals surface area contributed by atoms with Crippen LogP contribution < -0.4 is 11.1 Å². The molecule has 0 radical (unpaired) electrons. The number of nitrogens with two attached hydrogens (primary N) is 1. The van der Waals surface area contributed by atoms with Crippen LogP contribution in [0.5, 0.6) is 0 Å². The third-order valence-corrected chi connectivity index (χ3v) is 2.02. The fourth-order valence-electron chi connectivity index (χ4n) is 1.05. The summed E-state index contributed by atoms with van der Waals surface area (Å²) in [6.45, 7) is 1.95. The smallest absolute Gasteiger partial charge is 0.221 e. The van der Waals surface area contributed by atoms with Crippen LogP contribution in [0.1, 0.15) is 19.1 Å². The molecule has 2 amide bonds. The summed E-state index contributed by atoms with van der Waals surface area (Å²) in [4.78, 5) is 22.0. The van der Waals surface area contributed by atoms with E-state index in [0.717, 1.165) is 0 Å². The van der Waals surface area contributed by atoms with Crippen molar-refractivity contribution in [2.75, 3.05) is 0 Å². The quantitative estimate of drug-likeness (QED) is 0.738. The molecule has 1 unspecified atom stereocenters. The highest BCUT2D eigenvalue weighted by Crippen LogP contribution is 2.02. The minimum absolute atomic E-state index is 0.107. The summed E-state index contributed by atoms with van der Waals surface area (Å²) in [5.74, 6) is -0.447. The van der Waals surface area contributed by atoms with E-state index in [1.54, 1.807) is 19.1 Å². The molecule has 1 heterocycles. The molecule has 5 nitrogen and oxygen atoms in total. The number of hydrogen-bond acceptors (Lipinski definition) is 3. The van der Waals surface area contributed by atoms with E-state index in [-0.39, 0.29) is 12.3 Å². The summed E-state index contributed by atoms with van der Waals surface area (Å²) in [6, 6.07) is 3.51. The van der Waals surface area contributed by atoms with Crippen LogP contribution in [0.2, 0.25) is 0 Å². The van der Waals surface area contributed by atoms with Gasteiger partial charge in [-0.25, -0.2) is 0 Å². The van der Waals surface area contributed by atoms with Crippen LogP contribution in [0.4, 0.5) is 0 Å². The normalized spacial score (nSPS) is 12.1. The predicted octanol–water partition coefficient (Wildman–Crippen LogP) is 0.407. The van der Waals surface area contributed by atoms with Gasteiger partial charge in [0.15, 0.2) is 0 Å². The van der Waals surface area contributed by atoms with Crippen LogP contribution in [0.15, 0.2) is 22.8 Å². The molecule has 0 bridgehead atoms. The van der Waals surface area contributed by atoms with Crippen LogP contribution in [0, 0.1) is 5.92 Å². The number of rotatable bonds is 5. The highest BCUT2D eigenvalue weighted by Gasteiger charge is 2.13. The van der Waals surface area contributed by atoms with Gasteiger partial charge in [-0.2, -0.15) is 0 Å². The first-order chi connectivity index (χ1) is 7.09. The van der Waals surface area contributed by atoms with Gasteiger partial charge in [-0.15, -0.1) is 0 Å². The van der Waals surface area contributed by atoms with Crippen LogP contribution in [0.25, 0.3) is 0 Å². The molecule has 1 rings (SSSR count). The first kappa shape index (κ1) is 11.3. The average molecular weight is 210 g/mol. The summed E-state index contributed by atoms with van der Waals surface area (Å²) in [6.07, 6.45) is 1.64. The van der Waals surface area contributed by atoms with Crippen molar-refractivity contribution in [1.29, 1.82) is 0 Å². The Morgan fingerprint density at radius 1 is 1.60 bits per heavy atom. The largest absolute Gasteiger partial charge is 0.467 e. The van der Waals surface area contributed by atoms with Crippen molar-refractivity contribution >= 4 is 11.8 Å². The van der Waals surface area contributed by atoms with Crippen molar-refractivity contribution in [3.63, 3.8) is 0 Å². The SMILES string of the molecule is CC(CC(=O)NCc1ccco1)C(N)=O. The van der Waals surface area contributed by atoms with E-state index < -0.39 is 11.8 Å². The molecule has 0 saturated heterocycles. The Balaban J connectivity index is 2.28. The zero-order valence-corrected chi connectivity index (χ0v) is 8.53. The Morgan fingerprint density at radius 2 is 2.33 bits per heavy atom. The van der Waals surface area contributed by atoms with Gasteiger partial charge >= 0.3 is 0 Å². The van der Waals surface area contributed by atoms with Gasteiger partial charge in [0, 0.05) is 12.3 Å². The summed E-state index contributed by atoms with van der Waals surface area (Å²) in [5.41, 5.74) is 5.04. The number of hydrogen-bond donors (Lipinski definition) is 2. The van der Waals surface area contributed by atoms with Crippen LogP contribution in [0.3, 0.4) is 0 Å². The number of carbonyl (C=O) groups excluding carboxylic acids is 2. The third-order valence-electron chi connectivity index (χ3n) is 2.02. The molecular formula is C10H14N2O3. The average Bonchev–Trinajstić information content (AvgIpc) is 2.66. The monoisotopic (exact) mass is 210 g/mol. The Bertz CT molecular complexity index is 332. The van der Waals surface area contributed by atoms with Gasteiger partial charge in [0.05, 0.1) is 12.8 Å². The molecular weight excluding hydrogens is 196 g/mol. The topological polar surface area (TPSA) is 85.3 Å². The molecule has 0 aliphatic heterocycles. The second-order valence-electron chi connectivity index (χ2n) is 3.36. The number of furan rings is 1. The maximum Gasteiger partial charge on any atom is 0.221 e. The van der Waals surface area contributed by atoms with E-state index in [1.807, 2.05) is 0 Å². The standard InChI is InChI=1S/C10H14N2O3/c1-7(10(11)14)5-9(13)12-6-8-3-2-4-15-8/h2-4,7H,5-6H2,1H3,(H2,11,14)(H,12,13). The molecule has 0 saturated carbocycles. The number of carbonyl (C=O) groups is 2. The van der Waals surface area contributed by atoms with Gasteiger partial charge in [-0.05, 0) is 12.1 Å². The fourth-order valence-corrected chi connectivity index (χ4v) is 1.05. The van der Waals surface area contributed by atoms with Crippen molar-refractivity contribution in [2.24, 2.45) is 11.7 Å². The Morgan fingerprint density at radius 3 is 2.87 bits per heavy atom. The molecule has 15 heavy (non-hydrogen) atoms. The van der Waals surface area contributed by atoms with E-state index in [4.69, 9.17) is 10.2 Å². The summed E-state index contributed by atoms with van der Waals surface area (Å²) < 4.78 is 5.03. The molecule has 5 heteroatoms. The van der Waals surface area contributed by atoms with Crippen molar-refractivity contribution in [3.8, 4) is 0 Å². The molecule has 1 aromatic heterocycles. The number of nitrogens with one attached hydrogen (secondary N) is 1. The molecule has 0 aromatic carbocycles. The zero-order valence-electron chi connectivity index (χ0n) is 8.53. The van der Waals surface area contributed by atoms with Gasteiger partial charge in [-0.1, -0.05) is 6.92 Å². The fraction of sp³-hybridized carbons (Fsp3) is 0.400. The van der Waals surface area contributed by atoms with E-state index in [1.165, 1.54) is 6.26 Å². The lowest BCUT2D eigenvalue weighted by Gasteiger charge is -2.06. The molecule has 0 aliphatic carbocycles. The lowest BCUT2D eigenvalue weighted by atomic mass is 10.1. The molecule has 3 N–H and O–H groups in total. The lowest BCUT2D eigenvalue weighted by molar-refractivity contribution is -0.128.